The molecule has 0 radical (unpaired) electrons. The van der Waals surface area contributed by atoms with Crippen molar-refractivity contribution in [2.45, 2.75) is 6.61 Å². The summed E-state index contributed by atoms with van der Waals surface area (Å²) in [5.74, 6) is 0.881. The van der Waals surface area contributed by atoms with Crippen LogP contribution in [-0.4, -0.2) is 30.1 Å². The number of benzene rings is 2. The van der Waals surface area contributed by atoms with Crippen LogP contribution in [0.15, 0.2) is 42.5 Å². The highest BCUT2D eigenvalue weighted by Crippen LogP contribution is 2.30. The second-order valence-corrected chi connectivity index (χ2v) is 6.74. The summed E-state index contributed by atoms with van der Waals surface area (Å²) in [6.07, 6.45) is -0.464. The van der Waals surface area contributed by atoms with Crippen molar-refractivity contribution in [3.8, 4) is 11.5 Å². The minimum atomic E-state index is -0.464. The van der Waals surface area contributed by atoms with Gasteiger partial charge in [0.2, 0.25) is 0 Å². The average molecular weight is 363 g/mol. The number of thiazole rings is 1. The molecule has 1 aromatic heterocycles. The number of fused-ring (bicyclic) bond motifs is 1. The SMILES string of the molecule is CN(C)C(=O)Oc1ccc(OCc2nc3ccccc3s2)c(Cl)c1. The van der Waals surface area contributed by atoms with Crippen LogP contribution >= 0.6 is 22.9 Å². The molecule has 0 bridgehead atoms. The number of amides is 1. The summed E-state index contributed by atoms with van der Waals surface area (Å²) in [5, 5.41) is 1.25. The lowest BCUT2D eigenvalue weighted by Gasteiger charge is -2.12. The Bertz CT molecular complexity index is 846. The first kappa shape index (κ1) is 16.5. The third-order valence-corrected chi connectivity index (χ3v) is 4.47. The maximum absolute atomic E-state index is 11.5. The molecule has 124 valence electrons. The molecule has 0 N–H and O–H groups in total. The Hall–Kier alpha value is -2.31. The van der Waals surface area contributed by atoms with E-state index in [1.807, 2.05) is 24.3 Å². The van der Waals surface area contributed by atoms with Gasteiger partial charge in [0.05, 0.1) is 15.2 Å². The number of hydrogen-bond acceptors (Lipinski definition) is 5. The Balaban J connectivity index is 1.67. The molecule has 0 saturated carbocycles. The monoisotopic (exact) mass is 362 g/mol. The Kier molecular flexibility index (Phi) is 4.87. The fourth-order valence-corrected chi connectivity index (χ4v) is 3.08. The summed E-state index contributed by atoms with van der Waals surface area (Å²) in [6.45, 7) is 0.329. The first-order valence-electron chi connectivity index (χ1n) is 7.19. The normalized spacial score (nSPS) is 10.6. The molecule has 0 spiro atoms. The molecule has 24 heavy (non-hydrogen) atoms. The van der Waals surface area contributed by atoms with Crippen LogP contribution in [0.4, 0.5) is 4.79 Å². The molecule has 7 heteroatoms. The number of para-hydroxylation sites is 1. The largest absolute Gasteiger partial charge is 0.485 e. The number of halogens is 1. The fraction of sp³-hybridized carbons (Fsp3) is 0.176. The van der Waals surface area contributed by atoms with Gasteiger partial charge in [-0.15, -0.1) is 11.3 Å². The zero-order chi connectivity index (χ0) is 17.1. The summed E-state index contributed by atoms with van der Waals surface area (Å²) < 4.78 is 12.0. The summed E-state index contributed by atoms with van der Waals surface area (Å²) in [4.78, 5) is 17.4. The van der Waals surface area contributed by atoms with E-state index in [-0.39, 0.29) is 0 Å². The van der Waals surface area contributed by atoms with Crippen LogP contribution in [0.25, 0.3) is 10.2 Å². The predicted octanol–water partition coefficient (Wildman–Crippen LogP) is 4.59. The number of carbonyl (C=O) groups is 1. The predicted molar refractivity (Wildman–Crippen MR) is 95.1 cm³/mol. The second-order valence-electron chi connectivity index (χ2n) is 5.22. The fourth-order valence-electron chi connectivity index (χ4n) is 1.98. The van der Waals surface area contributed by atoms with Gasteiger partial charge in [-0.25, -0.2) is 9.78 Å². The number of nitrogens with zero attached hydrogens (tertiary/aromatic N) is 2. The van der Waals surface area contributed by atoms with Crippen molar-refractivity contribution in [3.63, 3.8) is 0 Å². The van der Waals surface area contributed by atoms with Gasteiger partial charge in [-0.3, -0.25) is 0 Å². The Morgan fingerprint density at radius 3 is 2.75 bits per heavy atom. The lowest BCUT2D eigenvalue weighted by atomic mass is 10.3. The van der Waals surface area contributed by atoms with E-state index < -0.39 is 6.09 Å². The van der Waals surface area contributed by atoms with E-state index in [2.05, 4.69) is 4.98 Å². The van der Waals surface area contributed by atoms with Gasteiger partial charge in [-0.1, -0.05) is 23.7 Å². The van der Waals surface area contributed by atoms with E-state index in [0.717, 1.165) is 15.2 Å². The van der Waals surface area contributed by atoms with E-state index in [1.165, 1.54) is 4.90 Å². The molecule has 0 aliphatic heterocycles. The van der Waals surface area contributed by atoms with E-state index >= 15 is 0 Å². The second kappa shape index (κ2) is 7.07. The molecule has 3 aromatic rings. The molecular formula is C17H15ClN2O3S. The van der Waals surface area contributed by atoms with Gasteiger partial charge in [-0.05, 0) is 24.3 Å². The van der Waals surface area contributed by atoms with Gasteiger partial charge >= 0.3 is 6.09 Å². The van der Waals surface area contributed by atoms with Crippen LogP contribution in [0, 0.1) is 0 Å². The van der Waals surface area contributed by atoms with Crippen molar-refractivity contribution in [1.29, 1.82) is 0 Å². The van der Waals surface area contributed by atoms with Crippen molar-refractivity contribution in [2.75, 3.05) is 14.1 Å². The van der Waals surface area contributed by atoms with Gasteiger partial charge in [0.1, 0.15) is 23.1 Å². The van der Waals surface area contributed by atoms with E-state index in [9.17, 15) is 4.79 Å². The molecule has 5 nitrogen and oxygen atoms in total. The zero-order valence-electron chi connectivity index (χ0n) is 13.2. The molecule has 0 aliphatic rings. The Labute approximate surface area is 148 Å². The third-order valence-electron chi connectivity index (χ3n) is 3.16. The molecule has 2 aromatic carbocycles. The van der Waals surface area contributed by atoms with Crippen molar-refractivity contribution in [1.82, 2.24) is 9.88 Å². The molecule has 3 rings (SSSR count). The van der Waals surface area contributed by atoms with Crippen LogP contribution in [0.1, 0.15) is 5.01 Å². The number of aromatic nitrogens is 1. The van der Waals surface area contributed by atoms with Gasteiger partial charge < -0.3 is 14.4 Å². The maximum Gasteiger partial charge on any atom is 0.414 e. The zero-order valence-corrected chi connectivity index (χ0v) is 14.7. The minimum Gasteiger partial charge on any atom is -0.485 e. The molecule has 0 atom stereocenters. The topological polar surface area (TPSA) is 51.7 Å². The van der Waals surface area contributed by atoms with Crippen molar-refractivity contribution < 1.29 is 14.3 Å². The number of rotatable bonds is 4. The van der Waals surface area contributed by atoms with E-state index in [0.29, 0.717) is 23.1 Å². The quantitative estimate of drug-likeness (QED) is 0.681. The molecule has 0 aliphatic carbocycles. The van der Waals surface area contributed by atoms with Gasteiger partial charge in [-0.2, -0.15) is 0 Å². The van der Waals surface area contributed by atoms with E-state index in [1.54, 1.807) is 43.6 Å². The number of carbonyl (C=O) groups excluding carboxylic acids is 1. The number of ether oxygens (including phenoxy) is 2. The minimum absolute atomic E-state index is 0.329. The van der Waals surface area contributed by atoms with Crippen LogP contribution in [0.5, 0.6) is 11.5 Å². The van der Waals surface area contributed by atoms with Crippen molar-refractivity contribution in [3.05, 3.63) is 52.5 Å². The van der Waals surface area contributed by atoms with Crippen LogP contribution < -0.4 is 9.47 Å². The molecule has 0 unspecified atom stereocenters. The van der Waals surface area contributed by atoms with Crippen LogP contribution in [0.3, 0.4) is 0 Å². The molecule has 1 amide bonds. The molecule has 0 fully saturated rings. The number of hydrogen-bond donors (Lipinski definition) is 0. The first-order valence-corrected chi connectivity index (χ1v) is 8.38. The lowest BCUT2D eigenvalue weighted by Crippen LogP contribution is -2.25. The van der Waals surface area contributed by atoms with Crippen LogP contribution in [-0.2, 0) is 6.61 Å². The molecule has 1 heterocycles. The third kappa shape index (κ3) is 3.77. The van der Waals surface area contributed by atoms with Crippen molar-refractivity contribution in [2.24, 2.45) is 0 Å². The molecular weight excluding hydrogens is 348 g/mol. The smallest absolute Gasteiger partial charge is 0.414 e. The highest BCUT2D eigenvalue weighted by Gasteiger charge is 2.10. The van der Waals surface area contributed by atoms with Gasteiger partial charge in [0.15, 0.2) is 0 Å². The summed E-state index contributed by atoms with van der Waals surface area (Å²) >= 11 is 7.77. The Morgan fingerprint density at radius 2 is 2.04 bits per heavy atom. The molecule has 0 saturated heterocycles. The summed E-state index contributed by atoms with van der Waals surface area (Å²) in [6, 6.07) is 12.8. The standard InChI is InChI=1S/C17H15ClN2O3S/c1-20(2)17(21)23-11-7-8-14(12(18)9-11)22-10-16-19-13-5-3-4-6-15(13)24-16/h3-9H,10H2,1-2H3. The highest BCUT2D eigenvalue weighted by atomic mass is 35.5. The van der Waals surface area contributed by atoms with E-state index in [4.69, 9.17) is 21.1 Å². The van der Waals surface area contributed by atoms with Gasteiger partial charge in [0, 0.05) is 20.2 Å². The Morgan fingerprint density at radius 1 is 1.25 bits per heavy atom. The average Bonchev–Trinajstić information content (AvgIpc) is 2.96. The summed E-state index contributed by atoms with van der Waals surface area (Å²) in [7, 11) is 3.22. The van der Waals surface area contributed by atoms with Gasteiger partial charge in [0.25, 0.3) is 0 Å². The summed E-state index contributed by atoms with van der Waals surface area (Å²) in [5.41, 5.74) is 0.957. The van der Waals surface area contributed by atoms with Crippen molar-refractivity contribution >= 4 is 39.2 Å². The maximum atomic E-state index is 11.5. The van der Waals surface area contributed by atoms with Crippen LogP contribution in [0.2, 0.25) is 5.02 Å². The lowest BCUT2D eigenvalue weighted by molar-refractivity contribution is 0.172. The first-order chi connectivity index (χ1) is 11.5. The highest BCUT2D eigenvalue weighted by molar-refractivity contribution is 7.18.